The third kappa shape index (κ3) is 5.19. The van der Waals surface area contributed by atoms with Crippen LogP contribution in [0.5, 0.6) is 11.5 Å². The van der Waals surface area contributed by atoms with Crippen LogP contribution >= 0.6 is 11.3 Å². The van der Waals surface area contributed by atoms with Gasteiger partial charge in [-0.15, -0.1) is 0 Å². The van der Waals surface area contributed by atoms with Crippen molar-refractivity contribution in [3.63, 3.8) is 0 Å². The van der Waals surface area contributed by atoms with Crippen molar-refractivity contribution >= 4 is 33.4 Å². The second-order valence-corrected chi connectivity index (χ2v) is 8.07. The number of hydrogen-bond donors (Lipinski definition) is 0. The van der Waals surface area contributed by atoms with Gasteiger partial charge in [0.1, 0.15) is 11.5 Å². The molecule has 1 heterocycles. The van der Waals surface area contributed by atoms with Crippen LogP contribution in [0, 0.1) is 0 Å². The van der Waals surface area contributed by atoms with Gasteiger partial charge in [-0.05, 0) is 48.5 Å². The number of hydrogen-bond acceptors (Lipinski definition) is 6. The first-order valence-corrected chi connectivity index (χ1v) is 11.0. The highest BCUT2D eigenvalue weighted by Crippen LogP contribution is 2.23. The summed E-state index contributed by atoms with van der Waals surface area (Å²) in [5.41, 5.74) is 1.71. The van der Waals surface area contributed by atoms with E-state index < -0.39 is 5.97 Å². The summed E-state index contributed by atoms with van der Waals surface area (Å²) >= 11 is 1.33. The predicted molar refractivity (Wildman–Crippen MR) is 126 cm³/mol. The number of thiazole rings is 1. The fourth-order valence-corrected chi connectivity index (χ4v) is 4.36. The standard InChI is InChI=1S/C25H22N2O5S/c1-30-14-13-27-21-12-11-18(24(29)31-2)16-22(21)33-25(27)26-23(28)17-7-6-10-20(15-17)32-19-8-4-3-5-9-19/h3-12,15-16H,13-14H2,1-2H3. The summed E-state index contributed by atoms with van der Waals surface area (Å²) < 4.78 is 18.6. The molecule has 0 atom stereocenters. The molecule has 3 aromatic carbocycles. The molecule has 0 saturated heterocycles. The van der Waals surface area contributed by atoms with E-state index in [1.807, 2.05) is 41.0 Å². The maximum Gasteiger partial charge on any atom is 0.337 e. The van der Waals surface area contributed by atoms with Crippen molar-refractivity contribution in [1.82, 2.24) is 4.57 Å². The summed E-state index contributed by atoms with van der Waals surface area (Å²) in [7, 11) is 2.96. The summed E-state index contributed by atoms with van der Waals surface area (Å²) in [5.74, 6) is 0.425. The SMILES string of the molecule is COCCn1c(=NC(=O)c2cccc(Oc3ccccc3)c2)sc2cc(C(=O)OC)ccc21. The van der Waals surface area contributed by atoms with Gasteiger partial charge in [0.2, 0.25) is 0 Å². The highest BCUT2D eigenvalue weighted by atomic mass is 32.1. The molecule has 1 amide bonds. The van der Waals surface area contributed by atoms with Gasteiger partial charge in [-0.25, -0.2) is 4.79 Å². The lowest BCUT2D eigenvalue weighted by molar-refractivity contribution is 0.0600. The number of fused-ring (bicyclic) bond motifs is 1. The molecule has 0 N–H and O–H groups in total. The van der Waals surface area contributed by atoms with E-state index in [0.717, 1.165) is 10.2 Å². The molecule has 0 radical (unpaired) electrons. The highest BCUT2D eigenvalue weighted by Gasteiger charge is 2.13. The van der Waals surface area contributed by atoms with Crippen molar-refractivity contribution in [1.29, 1.82) is 0 Å². The normalized spacial score (nSPS) is 11.5. The lowest BCUT2D eigenvalue weighted by Crippen LogP contribution is -2.19. The van der Waals surface area contributed by atoms with E-state index in [2.05, 4.69) is 4.99 Å². The first-order valence-electron chi connectivity index (χ1n) is 10.2. The molecule has 0 fully saturated rings. The second-order valence-electron chi connectivity index (χ2n) is 7.06. The smallest absolute Gasteiger partial charge is 0.337 e. The molecule has 33 heavy (non-hydrogen) atoms. The number of methoxy groups -OCH3 is 2. The third-order valence-corrected chi connectivity index (χ3v) is 5.92. The lowest BCUT2D eigenvalue weighted by Gasteiger charge is -2.06. The third-order valence-electron chi connectivity index (χ3n) is 4.88. The molecule has 168 valence electrons. The van der Waals surface area contributed by atoms with Gasteiger partial charge in [0, 0.05) is 19.2 Å². The van der Waals surface area contributed by atoms with Crippen LogP contribution in [0.3, 0.4) is 0 Å². The van der Waals surface area contributed by atoms with Gasteiger partial charge in [-0.3, -0.25) is 4.79 Å². The Morgan fingerprint density at radius 2 is 1.70 bits per heavy atom. The largest absolute Gasteiger partial charge is 0.465 e. The molecule has 0 saturated carbocycles. The van der Waals surface area contributed by atoms with Crippen LogP contribution in [-0.4, -0.2) is 37.3 Å². The number of nitrogens with zero attached hydrogens (tertiary/aromatic N) is 2. The number of para-hydroxylation sites is 1. The molecule has 1 aromatic heterocycles. The molecular weight excluding hydrogens is 440 g/mol. The Kier molecular flexibility index (Phi) is 6.97. The zero-order chi connectivity index (χ0) is 23.2. The number of rotatable bonds is 7. The zero-order valence-corrected chi connectivity index (χ0v) is 19.0. The molecule has 4 rings (SSSR count). The fourth-order valence-electron chi connectivity index (χ4n) is 3.27. The number of benzene rings is 3. The van der Waals surface area contributed by atoms with E-state index >= 15 is 0 Å². The van der Waals surface area contributed by atoms with Crippen LogP contribution in [0.4, 0.5) is 0 Å². The van der Waals surface area contributed by atoms with Gasteiger partial charge in [0.05, 0.1) is 29.5 Å². The maximum atomic E-state index is 13.0. The number of aromatic nitrogens is 1. The minimum atomic E-state index is -0.418. The summed E-state index contributed by atoms with van der Waals surface area (Å²) in [6, 6.07) is 21.5. The highest BCUT2D eigenvalue weighted by molar-refractivity contribution is 7.16. The molecule has 0 spiro atoms. The lowest BCUT2D eigenvalue weighted by atomic mass is 10.2. The van der Waals surface area contributed by atoms with Crippen LogP contribution in [0.1, 0.15) is 20.7 Å². The van der Waals surface area contributed by atoms with E-state index in [4.69, 9.17) is 14.2 Å². The van der Waals surface area contributed by atoms with E-state index in [1.54, 1.807) is 43.5 Å². The van der Waals surface area contributed by atoms with Crippen molar-refractivity contribution in [2.24, 2.45) is 4.99 Å². The Balaban J connectivity index is 1.70. The first-order chi connectivity index (χ1) is 16.1. The maximum absolute atomic E-state index is 13.0. The van der Waals surface area contributed by atoms with Gasteiger partial charge in [0.25, 0.3) is 5.91 Å². The number of carbonyl (C=O) groups is 2. The number of carbonyl (C=O) groups excluding carboxylic acids is 2. The van der Waals surface area contributed by atoms with E-state index in [0.29, 0.717) is 40.6 Å². The summed E-state index contributed by atoms with van der Waals surface area (Å²) in [4.78, 5) is 29.8. The number of esters is 1. The Labute approximate surface area is 194 Å². The molecular formula is C25H22N2O5S. The van der Waals surface area contributed by atoms with Gasteiger partial charge < -0.3 is 18.8 Å². The molecule has 0 aliphatic rings. The van der Waals surface area contributed by atoms with Gasteiger partial charge in [-0.2, -0.15) is 4.99 Å². The molecule has 0 aliphatic heterocycles. The van der Waals surface area contributed by atoms with E-state index in [-0.39, 0.29) is 5.91 Å². The minimum Gasteiger partial charge on any atom is -0.465 e. The van der Waals surface area contributed by atoms with Crippen molar-refractivity contribution in [2.45, 2.75) is 6.54 Å². The van der Waals surface area contributed by atoms with Gasteiger partial charge in [0.15, 0.2) is 4.80 Å². The number of amides is 1. The van der Waals surface area contributed by atoms with Crippen LogP contribution in [0.15, 0.2) is 77.8 Å². The van der Waals surface area contributed by atoms with Crippen LogP contribution < -0.4 is 9.54 Å². The van der Waals surface area contributed by atoms with Crippen molar-refractivity contribution < 1.29 is 23.8 Å². The Hall–Kier alpha value is -3.75. The van der Waals surface area contributed by atoms with Gasteiger partial charge in [-0.1, -0.05) is 35.6 Å². The molecule has 4 aromatic rings. The minimum absolute atomic E-state index is 0.389. The monoisotopic (exact) mass is 462 g/mol. The molecule has 0 aliphatic carbocycles. The van der Waals surface area contributed by atoms with Crippen molar-refractivity contribution in [2.75, 3.05) is 20.8 Å². The molecule has 0 unspecified atom stereocenters. The first kappa shape index (κ1) is 22.4. The van der Waals surface area contributed by atoms with Crippen molar-refractivity contribution in [3.8, 4) is 11.5 Å². The van der Waals surface area contributed by atoms with Crippen LogP contribution in [0.2, 0.25) is 0 Å². The van der Waals surface area contributed by atoms with Crippen LogP contribution in [-0.2, 0) is 16.0 Å². The Morgan fingerprint density at radius 1 is 0.909 bits per heavy atom. The topological polar surface area (TPSA) is 79.1 Å². The second kappa shape index (κ2) is 10.2. The Bertz CT molecular complexity index is 1360. The van der Waals surface area contributed by atoms with Gasteiger partial charge >= 0.3 is 5.97 Å². The molecule has 8 heteroatoms. The average Bonchev–Trinajstić information content (AvgIpc) is 3.18. The predicted octanol–water partition coefficient (Wildman–Crippen LogP) is 4.67. The molecule has 0 bridgehead atoms. The average molecular weight is 463 g/mol. The number of ether oxygens (including phenoxy) is 3. The zero-order valence-electron chi connectivity index (χ0n) is 18.2. The summed E-state index contributed by atoms with van der Waals surface area (Å²) in [5, 5.41) is 0. The quantitative estimate of drug-likeness (QED) is 0.373. The Morgan fingerprint density at radius 3 is 2.45 bits per heavy atom. The molecule has 7 nitrogen and oxygen atoms in total. The van der Waals surface area contributed by atoms with Crippen molar-refractivity contribution in [3.05, 3.63) is 88.7 Å². The summed E-state index contributed by atoms with van der Waals surface area (Å²) in [6.45, 7) is 0.962. The summed E-state index contributed by atoms with van der Waals surface area (Å²) in [6.07, 6.45) is 0. The van der Waals surface area contributed by atoms with E-state index in [9.17, 15) is 9.59 Å². The van der Waals surface area contributed by atoms with E-state index in [1.165, 1.54) is 18.4 Å². The fraction of sp³-hybridized carbons (Fsp3) is 0.160. The van der Waals surface area contributed by atoms with Crippen LogP contribution in [0.25, 0.3) is 10.2 Å².